The van der Waals surface area contributed by atoms with Gasteiger partial charge in [0.25, 0.3) is 0 Å². The van der Waals surface area contributed by atoms with Crippen LogP contribution in [-0.2, 0) is 27.8 Å². The van der Waals surface area contributed by atoms with Crippen LogP contribution in [0.25, 0.3) is 11.0 Å². The minimum Gasteiger partial charge on any atom is -0.328 e. The molecule has 2 aromatic heterocycles. The molecule has 1 amide bonds. The van der Waals surface area contributed by atoms with Crippen molar-refractivity contribution in [3.63, 3.8) is 0 Å². The first-order valence-electron chi connectivity index (χ1n) is 9.59. The Morgan fingerprint density at radius 3 is 2.62 bits per heavy atom. The number of hydrogen-bond acceptors (Lipinski definition) is 6. The maximum absolute atomic E-state index is 12.8. The standard InChI is InChI=1S/C19H25N5O3S2/c1-4-23(5-2)29(26,27)14-7-8-16-15(13-14)21-17(24(16)6-3)9-10-18(25)22-19-20-11-12-28-19/h7-8,11-13H,4-6,9-10H2,1-3H3,(H,20,22,25). The molecule has 29 heavy (non-hydrogen) atoms. The van der Waals surface area contributed by atoms with Crippen molar-refractivity contribution in [2.75, 3.05) is 18.4 Å². The van der Waals surface area contributed by atoms with Crippen LogP contribution in [-0.4, -0.2) is 46.3 Å². The van der Waals surface area contributed by atoms with E-state index in [4.69, 9.17) is 0 Å². The number of anilines is 1. The molecule has 0 saturated carbocycles. The lowest BCUT2D eigenvalue weighted by Crippen LogP contribution is -2.30. The fourth-order valence-corrected chi connectivity index (χ4v) is 5.29. The topological polar surface area (TPSA) is 97.2 Å². The van der Waals surface area contributed by atoms with E-state index in [0.717, 1.165) is 11.3 Å². The summed E-state index contributed by atoms with van der Waals surface area (Å²) in [6.45, 7) is 7.16. The molecule has 0 aliphatic rings. The second-order valence-electron chi connectivity index (χ2n) is 6.40. The van der Waals surface area contributed by atoms with Crippen LogP contribution in [0.1, 0.15) is 33.0 Å². The molecule has 0 fully saturated rings. The molecule has 0 aliphatic carbocycles. The Labute approximate surface area is 174 Å². The van der Waals surface area contributed by atoms with E-state index >= 15 is 0 Å². The summed E-state index contributed by atoms with van der Waals surface area (Å²) in [7, 11) is -3.54. The van der Waals surface area contributed by atoms with Gasteiger partial charge in [-0.3, -0.25) is 4.79 Å². The summed E-state index contributed by atoms with van der Waals surface area (Å²) >= 11 is 1.37. The zero-order chi connectivity index (χ0) is 21.0. The van der Waals surface area contributed by atoms with E-state index in [-0.39, 0.29) is 17.2 Å². The van der Waals surface area contributed by atoms with Crippen LogP contribution >= 0.6 is 11.3 Å². The highest BCUT2D eigenvalue weighted by molar-refractivity contribution is 7.89. The quantitative estimate of drug-likeness (QED) is 0.557. The Morgan fingerprint density at radius 2 is 2.00 bits per heavy atom. The molecule has 0 atom stereocenters. The van der Waals surface area contributed by atoms with E-state index in [1.165, 1.54) is 15.6 Å². The summed E-state index contributed by atoms with van der Waals surface area (Å²) in [6.07, 6.45) is 2.37. The Hall–Kier alpha value is -2.30. The zero-order valence-corrected chi connectivity index (χ0v) is 18.4. The molecule has 1 N–H and O–H groups in total. The lowest BCUT2D eigenvalue weighted by atomic mass is 10.3. The van der Waals surface area contributed by atoms with Gasteiger partial charge in [0.15, 0.2) is 5.13 Å². The molecule has 0 saturated heterocycles. The Bertz CT molecular complexity index is 1090. The van der Waals surface area contributed by atoms with Gasteiger partial charge < -0.3 is 9.88 Å². The number of nitrogens with zero attached hydrogens (tertiary/aromatic N) is 4. The van der Waals surface area contributed by atoms with Crippen molar-refractivity contribution < 1.29 is 13.2 Å². The van der Waals surface area contributed by atoms with E-state index in [0.29, 0.717) is 36.7 Å². The second-order valence-corrected chi connectivity index (χ2v) is 9.23. The highest BCUT2D eigenvalue weighted by atomic mass is 32.2. The van der Waals surface area contributed by atoms with E-state index in [1.807, 2.05) is 25.3 Å². The van der Waals surface area contributed by atoms with Crippen LogP contribution < -0.4 is 5.32 Å². The summed E-state index contributed by atoms with van der Waals surface area (Å²) in [4.78, 5) is 21.1. The maximum Gasteiger partial charge on any atom is 0.243 e. The van der Waals surface area contributed by atoms with Crippen molar-refractivity contribution >= 4 is 43.4 Å². The number of amides is 1. The largest absolute Gasteiger partial charge is 0.328 e. The third kappa shape index (κ3) is 4.49. The van der Waals surface area contributed by atoms with Gasteiger partial charge in [0.2, 0.25) is 15.9 Å². The molecule has 3 aromatic rings. The van der Waals surface area contributed by atoms with Gasteiger partial charge in [0, 0.05) is 44.1 Å². The van der Waals surface area contributed by atoms with E-state index in [1.54, 1.807) is 29.8 Å². The highest BCUT2D eigenvalue weighted by Crippen LogP contribution is 2.23. The molecular weight excluding hydrogens is 410 g/mol. The number of benzene rings is 1. The molecule has 0 unspecified atom stereocenters. The van der Waals surface area contributed by atoms with Crippen molar-refractivity contribution in [3.05, 3.63) is 35.6 Å². The minimum absolute atomic E-state index is 0.126. The second kappa shape index (κ2) is 9.02. The Morgan fingerprint density at radius 1 is 1.24 bits per heavy atom. The molecule has 0 spiro atoms. The van der Waals surface area contributed by atoms with Crippen LogP contribution in [0.5, 0.6) is 0 Å². The summed E-state index contributed by atoms with van der Waals surface area (Å²) in [5.74, 6) is 0.633. The molecule has 0 aliphatic heterocycles. The van der Waals surface area contributed by atoms with Crippen molar-refractivity contribution in [2.24, 2.45) is 0 Å². The predicted molar refractivity (Wildman–Crippen MR) is 115 cm³/mol. The predicted octanol–water partition coefficient (Wildman–Crippen LogP) is 3.11. The van der Waals surface area contributed by atoms with Crippen LogP contribution in [0.3, 0.4) is 0 Å². The summed E-state index contributed by atoms with van der Waals surface area (Å²) in [5, 5.41) is 5.14. The van der Waals surface area contributed by atoms with Crippen LogP contribution in [0.2, 0.25) is 0 Å². The van der Waals surface area contributed by atoms with Gasteiger partial charge in [-0.25, -0.2) is 18.4 Å². The Kier molecular flexibility index (Phi) is 6.66. The smallest absolute Gasteiger partial charge is 0.243 e. The summed E-state index contributed by atoms with van der Waals surface area (Å²) in [6, 6.07) is 5.04. The van der Waals surface area contributed by atoms with E-state index < -0.39 is 10.0 Å². The SMILES string of the molecule is CCN(CC)S(=O)(=O)c1ccc2c(c1)nc(CCC(=O)Nc1nccs1)n2CC. The first kappa shape index (κ1) is 21.4. The molecule has 2 heterocycles. The van der Waals surface area contributed by atoms with Crippen molar-refractivity contribution in [3.8, 4) is 0 Å². The van der Waals surface area contributed by atoms with E-state index in [2.05, 4.69) is 15.3 Å². The third-order valence-corrected chi connectivity index (χ3v) is 7.45. The number of imidazole rings is 1. The molecule has 156 valence electrons. The number of carbonyl (C=O) groups is 1. The van der Waals surface area contributed by atoms with Gasteiger partial charge in [-0.05, 0) is 25.1 Å². The maximum atomic E-state index is 12.8. The molecule has 0 radical (unpaired) electrons. The first-order chi connectivity index (χ1) is 13.9. The number of hydrogen-bond donors (Lipinski definition) is 1. The fraction of sp³-hybridized carbons (Fsp3) is 0.421. The van der Waals surface area contributed by atoms with Crippen molar-refractivity contribution in [1.29, 1.82) is 0 Å². The fourth-order valence-electron chi connectivity index (χ4n) is 3.27. The van der Waals surface area contributed by atoms with Gasteiger partial charge in [-0.2, -0.15) is 4.31 Å². The van der Waals surface area contributed by atoms with Gasteiger partial charge in [-0.1, -0.05) is 13.8 Å². The van der Waals surface area contributed by atoms with Crippen molar-refractivity contribution in [1.82, 2.24) is 18.8 Å². The third-order valence-electron chi connectivity index (χ3n) is 4.71. The van der Waals surface area contributed by atoms with Gasteiger partial charge in [0.1, 0.15) is 5.82 Å². The number of sulfonamides is 1. The van der Waals surface area contributed by atoms with Gasteiger partial charge >= 0.3 is 0 Å². The van der Waals surface area contributed by atoms with Crippen LogP contribution in [0.15, 0.2) is 34.7 Å². The minimum atomic E-state index is -3.54. The summed E-state index contributed by atoms with van der Waals surface area (Å²) in [5.41, 5.74) is 1.48. The Balaban J connectivity index is 1.84. The van der Waals surface area contributed by atoms with Gasteiger partial charge in [-0.15, -0.1) is 11.3 Å². The lowest BCUT2D eigenvalue weighted by Gasteiger charge is -2.18. The molecule has 10 heteroatoms. The lowest BCUT2D eigenvalue weighted by molar-refractivity contribution is -0.116. The average molecular weight is 436 g/mol. The van der Waals surface area contributed by atoms with Crippen LogP contribution in [0.4, 0.5) is 5.13 Å². The number of rotatable bonds is 9. The molecule has 3 rings (SSSR count). The zero-order valence-electron chi connectivity index (χ0n) is 16.8. The number of fused-ring (bicyclic) bond motifs is 1. The number of carbonyl (C=O) groups excluding carboxylic acids is 1. The number of nitrogens with one attached hydrogen (secondary N) is 1. The van der Waals surface area contributed by atoms with Crippen LogP contribution in [0, 0.1) is 0 Å². The summed E-state index contributed by atoms with van der Waals surface area (Å²) < 4.78 is 29.0. The molecular formula is C19H25N5O3S2. The number of aryl methyl sites for hydroxylation is 2. The monoisotopic (exact) mass is 435 g/mol. The number of thiazole rings is 1. The highest BCUT2D eigenvalue weighted by Gasteiger charge is 2.23. The average Bonchev–Trinajstić information content (AvgIpc) is 3.33. The molecule has 8 nitrogen and oxygen atoms in total. The molecule has 0 bridgehead atoms. The molecule has 1 aromatic carbocycles. The number of aromatic nitrogens is 3. The van der Waals surface area contributed by atoms with E-state index in [9.17, 15) is 13.2 Å². The van der Waals surface area contributed by atoms with Crippen molar-refractivity contribution in [2.45, 2.75) is 45.1 Å². The normalized spacial score (nSPS) is 12.0. The van der Waals surface area contributed by atoms with Gasteiger partial charge in [0.05, 0.1) is 15.9 Å². The first-order valence-corrected chi connectivity index (χ1v) is 11.9.